The van der Waals surface area contributed by atoms with E-state index in [0.717, 1.165) is 0 Å². The maximum absolute atomic E-state index is 11.5. The van der Waals surface area contributed by atoms with Crippen LogP contribution in [0, 0.1) is 0 Å². The Labute approximate surface area is 89.3 Å². The third-order valence-electron chi connectivity index (χ3n) is 1.81. The van der Waals surface area contributed by atoms with Gasteiger partial charge in [0.2, 0.25) is 5.91 Å². The van der Waals surface area contributed by atoms with E-state index in [1.54, 1.807) is 6.08 Å². The van der Waals surface area contributed by atoms with Gasteiger partial charge in [-0.05, 0) is 6.42 Å². The highest BCUT2D eigenvalue weighted by molar-refractivity contribution is 5.81. The van der Waals surface area contributed by atoms with Gasteiger partial charge in [0.25, 0.3) is 0 Å². The number of aliphatic carboxylic acids is 1. The third kappa shape index (κ3) is 6.68. The summed E-state index contributed by atoms with van der Waals surface area (Å²) >= 11 is 0. The van der Waals surface area contributed by atoms with Crippen molar-refractivity contribution in [1.82, 2.24) is 4.90 Å². The molecule has 0 saturated heterocycles. The molecule has 0 aromatic heterocycles. The van der Waals surface area contributed by atoms with Crippen molar-refractivity contribution in [3.63, 3.8) is 0 Å². The molecule has 0 radical (unpaired) electrons. The van der Waals surface area contributed by atoms with Gasteiger partial charge < -0.3 is 14.7 Å². The van der Waals surface area contributed by atoms with Crippen molar-refractivity contribution in [3.8, 4) is 0 Å². The van der Waals surface area contributed by atoms with Crippen molar-refractivity contribution in [3.05, 3.63) is 12.7 Å². The zero-order valence-corrected chi connectivity index (χ0v) is 8.94. The Bertz CT molecular complexity index is 227. The lowest BCUT2D eigenvalue weighted by Gasteiger charge is -2.19. The molecular weight excluding hydrogens is 198 g/mol. The van der Waals surface area contributed by atoms with E-state index in [1.807, 2.05) is 0 Å². The summed E-state index contributed by atoms with van der Waals surface area (Å²) < 4.78 is 4.80. The van der Waals surface area contributed by atoms with E-state index in [-0.39, 0.29) is 12.5 Å². The quantitative estimate of drug-likeness (QED) is 0.599. The minimum absolute atomic E-state index is 0.186. The Morgan fingerprint density at radius 2 is 2.20 bits per heavy atom. The van der Waals surface area contributed by atoms with E-state index in [9.17, 15) is 9.59 Å². The highest BCUT2D eigenvalue weighted by atomic mass is 16.5. The molecule has 86 valence electrons. The summed E-state index contributed by atoms with van der Waals surface area (Å²) in [6.07, 6.45) is 2.48. The average Bonchev–Trinajstić information content (AvgIpc) is 2.20. The lowest BCUT2D eigenvalue weighted by Crippen LogP contribution is -2.37. The molecule has 0 aliphatic heterocycles. The molecule has 0 unspecified atom stereocenters. The Morgan fingerprint density at radius 1 is 1.53 bits per heavy atom. The Balaban J connectivity index is 4.13. The van der Waals surface area contributed by atoms with Crippen LogP contribution in [0.15, 0.2) is 12.7 Å². The number of amides is 1. The first-order valence-electron chi connectivity index (χ1n) is 4.71. The van der Waals surface area contributed by atoms with Crippen LogP contribution in [0.5, 0.6) is 0 Å². The number of hydrogen-bond acceptors (Lipinski definition) is 3. The number of ether oxygens (including phenoxy) is 1. The molecule has 15 heavy (non-hydrogen) atoms. The fraction of sp³-hybridized carbons (Fsp3) is 0.600. The van der Waals surface area contributed by atoms with Gasteiger partial charge in [-0.25, -0.2) is 0 Å². The van der Waals surface area contributed by atoms with Crippen LogP contribution in [0.4, 0.5) is 0 Å². The molecule has 0 heterocycles. The highest BCUT2D eigenvalue weighted by Crippen LogP contribution is 1.98. The smallest absolute Gasteiger partial charge is 0.323 e. The molecule has 0 saturated carbocycles. The summed E-state index contributed by atoms with van der Waals surface area (Å²) in [5.41, 5.74) is 0. The van der Waals surface area contributed by atoms with Crippen molar-refractivity contribution in [1.29, 1.82) is 0 Å². The second-order valence-electron chi connectivity index (χ2n) is 3.03. The van der Waals surface area contributed by atoms with Crippen LogP contribution in [-0.2, 0) is 14.3 Å². The number of rotatable bonds is 8. The average molecular weight is 215 g/mol. The summed E-state index contributed by atoms with van der Waals surface area (Å²) in [6.45, 7) is 3.87. The van der Waals surface area contributed by atoms with Gasteiger partial charge in [-0.1, -0.05) is 6.08 Å². The second-order valence-corrected chi connectivity index (χ2v) is 3.03. The minimum Gasteiger partial charge on any atom is -0.480 e. The molecule has 1 amide bonds. The monoisotopic (exact) mass is 215 g/mol. The molecule has 0 fully saturated rings. The van der Waals surface area contributed by atoms with Crippen LogP contribution >= 0.6 is 0 Å². The number of carboxylic acids is 1. The van der Waals surface area contributed by atoms with E-state index in [4.69, 9.17) is 9.84 Å². The van der Waals surface area contributed by atoms with Crippen LogP contribution in [0.2, 0.25) is 0 Å². The van der Waals surface area contributed by atoms with Gasteiger partial charge in [-0.2, -0.15) is 0 Å². The van der Waals surface area contributed by atoms with Crippen LogP contribution in [0.3, 0.4) is 0 Å². The van der Waals surface area contributed by atoms with E-state index in [1.165, 1.54) is 12.0 Å². The van der Waals surface area contributed by atoms with Gasteiger partial charge in [0.15, 0.2) is 0 Å². The predicted octanol–water partition coefficient (Wildman–Crippen LogP) is 0.512. The van der Waals surface area contributed by atoms with Gasteiger partial charge in [0.05, 0.1) is 6.61 Å². The van der Waals surface area contributed by atoms with Crippen molar-refractivity contribution in [2.24, 2.45) is 0 Å². The molecule has 0 rings (SSSR count). The fourth-order valence-corrected chi connectivity index (χ4v) is 1.04. The van der Waals surface area contributed by atoms with Crippen LogP contribution in [-0.4, -0.2) is 48.7 Å². The largest absolute Gasteiger partial charge is 0.480 e. The van der Waals surface area contributed by atoms with Crippen molar-refractivity contribution >= 4 is 11.9 Å². The van der Waals surface area contributed by atoms with E-state index in [0.29, 0.717) is 26.0 Å². The zero-order chi connectivity index (χ0) is 11.7. The number of carbonyl (C=O) groups excluding carboxylic acids is 1. The van der Waals surface area contributed by atoms with Crippen molar-refractivity contribution in [2.75, 3.05) is 26.8 Å². The standard InChI is InChI=1S/C10H17NO4/c1-3-4-5-9(12)11(6-7-15-2)8-10(13)14/h3H,1,4-8H2,2H3,(H,13,14). The molecule has 1 N–H and O–H groups in total. The van der Waals surface area contributed by atoms with Crippen molar-refractivity contribution < 1.29 is 19.4 Å². The predicted molar refractivity (Wildman–Crippen MR) is 55.5 cm³/mol. The van der Waals surface area contributed by atoms with Gasteiger partial charge in [-0.3, -0.25) is 9.59 Å². The first-order chi connectivity index (χ1) is 7.11. The Hall–Kier alpha value is -1.36. The van der Waals surface area contributed by atoms with Gasteiger partial charge in [-0.15, -0.1) is 6.58 Å². The summed E-state index contributed by atoms with van der Waals surface area (Å²) in [7, 11) is 1.51. The number of hydrogen-bond donors (Lipinski definition) is 1. The molecule has 0 bridgehead atoms. The van der Waals surface area contributed by atoms with E-state index in [2.05, 4.69) is 6.58 Å². The second kappa shape index (κ2) is 7.99. The van der Waals surface area contributed by atoms with Crippen LogP contribution in [0.1, 0.15) is 12.8 Å². The lowest BCUT2D eigenvalue weighted by molar-refractivity contribution is -0.144. The number of carboxylic acid groups (broad SMARTS) is 1. The topological polar surface area (TPSA) is 66.8 Å². The minimum atomic E-state index is -1.02. The third-order valence-corrected chi connectivity index (χ3v) is 1.81. The summed E-state index contributed by atoms with van der Waals surface area (Å²) in [6, 6.07) is 0. The number of nitrogens with zero attached hydrogens (tertiary/aromatic N) is 1. The zero-order valence-electron chi connectivity index (χ0n) is 8.94. The fourth-order valence-electron chi connectivity index (χ4n) is 1.04. The number of allylic oxidation sites excluding steroid dienone is 1. The molecule has 0 atom stereocenters. The normalized spacial score (nSPS) is 9.67. The molecule has 0 aliphatic carbocycles. The first kappa shape index (κ1) is 13.6. The van der Waals surface area contributed by atoms with E-state index >= 15 is 0 Å². The van der Waals surface area contributed by atoms with Gasteiger partial charge in [0, 0.05) is 20.1 Å². The van der Waals surface area contributed by atoms with Crippen LogP contribution in [0.25, 0.3) is 0 Å². The molecule has 5 nitrogen and oxygen atoms in total. The summed E-state index contributed by atoms with van der Waals surface area (Å²) in [5, 5.41) is 8.60. The maximum Gasteiger partial charge on any atom is 0.323 e. The van der Waals surface area contributed by atoms with Crippen LogP contribution < -0.4 is 0 Å². The SMILES string of the molecule is C=CCCC(=O)N(CCOC)CC(=O)O. The molecule has 0 aromatic carbocycles. The molecule has 0 spiro atoms. The maximum atomic E-state index is 11.5. The molecule has 0 aromatic rings. The summed E-state index contributed by atoms with van der Waals surface area (Å²) in [4.78, 5) is 23.3. The first-order valence-corrected chi connectivity index (χ1v) is 4.71. The highest BCUT2D eigenvalue weighted by Gasteiger charge is 2.15. The number of carbonyl (C=O) groups is 2. The van der Waals surface area contributed by atoms with E-state index < -0.39 is 5.97 Å². The molecule has 5 heteroatoms. The van der Waals surface area contributed by atoms with Gasteiger partial charge >= 0.3 is 5.97 Å². The number of methoxy groups -OCH3 is 1. The molecular formula is C10H17NO4. The van der Waals surface area contributed by atoms with Crippen molar-refractivity contribution in [2.45, 2.75) is 12.8 Å². The van der Waals surface area contributed by atoms with Gasteiger partial charge in [0.1, 0.15) is 6.54 Å². The Morgan fingerprint density at radius 3 is 2.67 bits per heavy atom. The lowest BCUT2D eigenvalue weighted by atomic mass is 10.2. The Kier molecular flexibility index (Phi) is 7.27. The molecule has 0 aliphatic rings. The summed E-state index contributed by atoms with van der Waals surface area (Å²) in [5.74, 6) is -1.20.